The molecule has 0 aromatic rings. The second kappa shape index (κ2) is 6.47. The van der Waals surface area contributed by atoms with Gasteiger partial charge in [-0.25, -0.2) is 0 Å². The van der Waals surface area contributed by atoms with E-state index in [-0.39, 0.29) is 0 Å². The average molecular weight is 283 g/mol. The highest BCUT2D eigenvalue weighted by atomic mass is 28.4. The molecule has 15 heavy (non-hydrogen) atoms. The molecule has 0 aliphatic carbocycles. The van der Waals surface area contributed by atoms with Crippen LogP contribution in [0.15, 0.2) is 0 Å². The highest BCUT2D eigenvalue weighted by Crippen LogP contribution is 2.08. The lowest BCUT2D eigenvalue weighted by molar-refractivity contribution is 0.282. The highest BCUT2D eigenvalue weighted by Gasteiger charge is 2.26. The van der Waals surface area contributed by atoms with Gasteiger partial charge in [0.05, 0.1) is 8.80 Å². The van der Waals surface area contributed by atoms with E-state index in [2.05, 4.69) is 45.8 Å². The lowest BCUT2D eigenvalue weighted by Gasteiger charge is -2.26. The Bertz CT molecular complexity index is 179. The summed E-state index contributed by atoms with van der Waals surface area (Å²) in [5.74, 6) is 0. The molecular weight excluding hydrogens is 256 g/mol. The standard InChI is InChI=1S/C8H26O3Si4/c1-13(2)8-9-15(6,7)11-12-10-14(3,4)5/h13H,8,12H2,1-7H3. The first-order valence-electron chi connectivity index (χ1n) is 5.54. The molecule has 0 bridgehead atoms. The van der Waals surface area contributed by atoms with Gasteiger partial charge in [0.1, 0.15) is 0 Å². The Hall–Kier alpha value is 0.748. The van der Waals surface area contributed by atoms with Crippen LogP contribution in [-0.4, -0.2) is 41.9 Å². The van der Waals surface area contributed by atoms with Gasteiger partial charge in [-0.2, -0.15) is 0 Å². The van der Waals surface area contributed by atoms with Gasteiger partial charge in [0.15, 0.2) is 8.32 Å². The van der Waals surface area contributed by atoms with Crippen molar-refractivity contribution in [3.63, 3.8) is 0 Å². The molecule has 0 amide bonds. The maximum absolute atomic E-state index is 5.85. The molecule has 0 heterocycles. The summed E-state index contributed by atoms with van der Waals surface area (Å²) in [5.41, 5.74) is 0. The van der Waals surface area contributed by atoms with Gasteiger partial charge >= 0.3 is 8.56 Å². The van der Waals surface area contributed by atoms with Gasteiger partial charge in [0.2, 0.25) is 0 Å². The summed E-state index contributed by atoms with van der Waals surface area (Å²) in [6.07, 6.45) is 0.931. The third kappa shape index (κ3) is 11.0. The normalized spacial score (nSPS) is 14.4. The van der Waals surface area contributed by atoms with E-state index in [9.17, 15) is 0 Å². The van der Waals surface area contributed by atoms with Crippen LogP contribution in [0.1, 0.15) is 0 Å². The molecule has 0 rings (SSSR count). The van der Waals surface area contributed by atoms with E-state index < -0.39 is 35.7 Å². The molecule has 7 heteroatoms. The Morgan fingerprint density at radius 2 is 1.53 bits per heavy atom. The Morgan fingerprint density at radius 3 is 1.93 bits per heavy atom. The summed E-state index contributed by atoms with van der Waals surface area (Å²) in [7, 11) is -4.71. The number of hydrogen-bond donors (Lipinski definition) is 0. The van der Waals surface area contributed by atoms with E-state index in [4.69, 9.17) is 12.7 Å². The number of hydrogen-bond acceptors (Lipinski definition) is 3. The largest absolute Gasteiger partial charge is 0.441 e. The zero-order valence-electron chi connectivity index (χ0n) is 11.2. The van der Waals surface area contributed by atoms with Crippen LogP contribution in [-0.2, 0) is 12.7 Å². The van der Waals surface area contributed by atoms with E-state index >= 15 is 0 Å². The van der Waals surface area contributed by atoms with Crippen molar-refractivity contribution in [2.24, 2.45) is 0 Å². The van der Waals surface area contributed by atoms with Crippen LogP contribution < -0.4 is 0 Å². The van der Waals surface area contributed by atoms with Crippen LogP contribution in [0, 0.1) is 0 Å². The summed E-state index contributed by atoms with van der Waals surface area (Å²) >= 11 is 0. The van der Waals surface area contributed by atoms with Crippen LogP contribution >= 0.6 is 0 Å². The predicted molar refractivity (Wildman–Crippen MR) is 76.4 cm³/mol. The van der Waals surface area contributed by atoms with Crippen LogP contribution in [0.2, 0.25) is 45.8 Å². The minimum absolute atomic E-state index is 0.622. The van der Waals surface area contributed by atoms with Crippen molar-refractivity contribution in [3.8, 4) is 0 Å². The van der Waals surface area contributed by atoms with Crippen molar-refractivity contribution < 1.29 is 12.7 Å². The van der Waals surface area contributed by atoms with Crippen molar-refractivity contribution in [2.45, 2.75) is 45.8 Å². The Kier molecular flexibility index (Phi) is 6.80. The Morgan fingerprint density at radius 1 is 1.00 bits per heavy atom. The molecule has 0 aromatic heterocycles. The van der Waals surface area contributed by atoms with Crippen molar-refractivity contribution in [3.05, 3.63) is 0 Å². The van der Waals surface area contributed by atoms with E-state index in [0.29, 0.717) is 0 Å². The van der Waals surface area contributed by atoms with Gasteiger partial charge < -0.3 is 12.7 Å². The molecule has 0 fully saturated rings. The van der Waals surface area contributed by atoms with E-state index in [0.717, 1.165) is 6.23 Å². The van der Waals surface area contributed by atoms with Gasteiger partial charge in [0, 0.05) is 6.23 Å². The first kappa shape index (κ1) is 15.7. The van der Waals surface area contributed by atoms with Crippen molar-refractivity contribution in [1.29, 1.82) is 0 Å². The first-order chi connectivity index (χ1) is 6.62. The molecular formula is C8H26O3Si4. The van der Waals surface area contributed by atoms with E-state index in [1.165, 1.54) is 0 Å². The summed E-state index contributed by atoms with van der Waals surface area (Å²) in [4.78, 5) is 0. The van der Waals surface area contributed by atoms with E-state index in [1.807, 2.05) is 0 Å². The molecule has 0 aliphatic rings. The molecule has 0 N–H and O–H groups in total. The summed E-state index contributed by atoms with van der Waals surface area (Å²) in [6, 6.07) is 0. The van der Waals surface area contributed by atoms with Gasteiger partial charge in [-0.15, -0.1) is 0 Å². The molecule has 0 unspecified atom stereocenters. The Balaban J connectivity index is 3.74. The summed E-state index contributed by atoms with van der Waals surface area (Å²) in [5, 5.41) is 0. The fourth-order valence-electron chi connectivity index (χ4n) is 0.757. The van der Waals surface area contributed by atoms with Gasteiger partial charge in [-0.1, -0.05) is 13.1 Å². The minimum atomic E-state index is -1.87. The van der Waals surface area contributed by atoms with Gasteiger partial charge in [0.25, 0.3) is 10.0 Å². The monoisotopic (exact) mass is 282 g/mol. The van der Waals surface area contributed by atoms with E-state index in [1.54, 1.807) is 0 Å². The molecule has 3 nitrogen and oxygen atoms in total. The molecule has 0 saturated heterocycles. The summed E-state index contributed by atoms with van der Waals surface area (Å²) < 4.78 is 17.5. The molecule has 92 valence electrons. The maximum Gasteiger partial charge on any atom is 0.322 e. The second-order valence-corrected chi connectivity index (χ2v) is 18.6. The maximum atomic E-state index is 5.85. The summed E-state index contributed by atoms with van der Waals surface area (Å²) in [6.45, 7) is 15.4. The smallest absolute Gasteiger partial charge is 0.322 e. The lowest BCUT2D eigenvalue weighted by atomic mass is 11.7. The molecule has 0 saturated carbocycles. The predicted octanol–water partition coefficient (Wildman–Crippen LogP) is 1.60. The SMILES string of the molecule is C[SiH](C)CO[Si](C)(C)O[SiH2]O[Si](C)(C)C. The van der Waals surface area contributed by atoms with Crippen LogP contribution in [0.4, 0.5) is 0 Å². The fourth-order valence-corrected chi connectivity index (χ4v) is 7.34. The minimum Gasteiger partial charge on any atom is -0.441 e. The van der Waals surface area contributed by atoms with Crippen molar-refractivity contribution >= 4 is 35.7 Å². The molecule has 0 spiro atoms. The van der Waals surface area contributed by atoms with Crippen LogP contribution in [0.25, 0.3) is 0 Å². The Labute approximate surface area is 101 Å². The molecule has 0 aliphatic heterocycles. The van der Waals surface area contributed by atoms with Gasteiger partial charge in [-0.05, 0) is 32.7 Å². The second-order valence-electron chi connectivity index (χ2n) is 5.62. The van der Waals surface area contributed by atoms with Crippen molar-refractivity contribution in [1.82, 2.24) is 0 Å². The molecule has 0 aromatic carbocycles. The highest BCUT2D eigenvalue weighted by molar-refractivity contribution is 6.75. The van der Waals surface area contributed by atoms with Gasteiger partial charge in [-0.3, -0.25) is 0 Å². The zero-order chi connectivity index (χ0) is 12.1. The topological polar surface area (TPSA) is 27.7 Å². The molecule has 0 radical (unpaired) electrons. The van der Waals surface area contributed by atoms with Crippen molar-refractivity contribution in [2.75, 3.05) is 6.23 Å². The number of rotatable bonds is 7. The lowest BCUT2D eigenvalue weighted by Crippen LogP contribution is -2.41. The third-order valence-electron chi connectivity index (χ3n) is 1.66. The van der Waals surface area contributed by atoms with Crippen LogP contribution in [0.5, 0.6) is 0 Å². The quantitative estimate of drug-likeness (QED) is 0.664. The molecule has 0 atom stereocenters. The fraction of sp³-hybridized carbons (Fsp3) is 1.00. The van der Waals surface area contributed by atoms with Crippen LogP contribution in [0.3, 0.4) is 0 Å². The first-order valence-corrected chi connectivity index (χ1v) is 16.0. The zero-order valence-corrected chi connectivity index (χ0v) is 15.8. The average Bonchev–Trinajstić information content (AvgIpc) is 1.98. The third-order valence-corrected chi connectivity index (χ3v) is 10.9.